The van der Waals surface area contributed by atoms with Gasteiger partial charge < -0.3 is 44.1 Å². The number of rotatable bonds is 13. The summed E-state index contributed by atoms with van der Waals surface area (Å²) in [5.41, 5.74) is 0. The van der Waals surface area contributed by atoms with Crippen molar-refractivity contribution in [1.29, 1.82) is 0 Å². The second-order valence-corrected chi connectivity index (χ2v) is 14.6. The molecular weight excluding hydrogens is 590 g/mol. The van der Waals surface area contributed by atoms with Crippen LogP contribution in [0.15, 0.2) is 12.4 Å². The second-order valence-electron chi connectivity index (χ2n) is 5.47. The fourth-order valence-electron chi connectivity index (χ4n) is 1.82. The van der Waals surface area contributed by atoms with Gasteiger partial charge in [0.15, 0.2) is 0 Å². The van der Waals surface area contributed by atoms with Gasteiger partial charge in [-0.1, -0.05) is 0 Å². The minimum absolute atomic E-state index is 0.227. The maximum Gasteiger partial charge on any atom is 0.490 e. The topological polar surface area (TPSA) is 306 Å². The Balaban J connectivity index is 2.87. The van der Waals surface area contributed by atoms with Crippen LogP contribution in [0.4, 0.5) is 0 Å². The summed E-state index contributed by atoms with van der Waals surface area (Å²) in [7, 11) is -34.8. The Morgan fingerprint density at radius 3 is 1.39 bits per heavy atom. The molecule has 0 spiro atoms. The molecule has 6 atom stereocenters. The monoisotopic (exact) mass is 608 g/mol. The Hall–Kier alpha value is 0.200. The molecule has 0 bridgehead atoms. The Morgan fingerprint density at radius 2 is 1.03 bits per heavy atom. The van der Waals surface area contributed by atoms with Crippen LogP contribution in [0.1, 0.15) is 6.92 Å². The first-order valence-corrected chi connectivity index (χ1v) is 16.6. The van der Waals surface area contributed by atoms with Crippen LogP contribution in [0.25, 0.3) is 0 Å². The highest BCUT2D eigenvalue weighted by Gasteiger charge is 2.49. The lowest BCUT2D eigenvalue weighted by Gasteiger charge is -2.30. The molecule has 0 saturated carbocycles. The van der Waals surface area contributed by atoms with E-state index in [1.807, 2.05) is 0 Å². The lowest BCUT2D eigenvalue weighted by atomic mass is 10.6. The van der Waals surface area contributed by atoms with Crippen molar-refractivity contribution >= 4 is 46.9 Å². The Morgan fingerprint density at radius 1 is 0.667 bits per heavy atom. The summed E-state index contributed by atoms with van der Waals surface area (Å²) in [4.78, 5) is 65.7. The molecule has 0 aromatic heterocycles. The number of phosphoric acid groups is 6. The van der Waals surface area contributed by atoms with Gasteiger partial charge in [-0.05, 0) is 6.92 Å². The minimum Gasteiger partial charge on any atom is -0.337 e. The molecule has 0 aromatic carbocycles. The van der Waals surface area contributed by atoms with E-state index in [1.165, 1.54) is 29.2 Å². The molecular formula is C6H18N2O19P6. The van der Waals surface area contributed by atoms with E-state index in [0.717, 1.165) is 0 Å². The van der Waals surface area contributed by atoms with Crippen molar-refractivity contribution < 1.29 is 87.7 Å². The standard InChI is InChI=1S/C6H18N2O19P6/c1-3-8-5-4-7(2)6(8)22-29(12,13)24-31(16,17)26-33(20,21)27-32(18,19)25-30(14,15)23-28(9,10)11/h4-6H,3H2,1-2H3,(H,12,13)(H,14,15)(H,16,17)(H,18,19)(H,20,21)(H2,9,10,11). The van der Waals surface area contributed by atoms with Gasteiger partial charge in [-0.3, -0.25) is 0 Å². The second kappa shape index (κ2) is 10.7. The van der Waals surface area contributed by atoms with E-state index in [2.05, 4.69) is 26.1 Å². The van der Waals surface area contributed by atoms with E-state index in [0.29, 0.717) is 0 Å². The quantitative estimate of drug-likeness (QED) is 0.142. The largest absolute Gasteiger partial charge is 0.490 e. The van der Waals surface area contributed by atoms with Gasteiger partial charge >= 0.3 is 46.9 Å². The summed E-state index contributed by atoms with van der Waals surface area (Å²) in [6.07, 6.45) is 1.46. The number of hydrogen-bond donors (Lipinski definition) is 7. The molecule has 1 heterocycles. The third kappa shape index (κ3) is 11.7. The highest BCUT2D eigenvalue weighted by Crippen LogP contribution is 2.75. The van der Waals surface area contributed by atoms with Crippen LogP contribution < -0.4 is 0 Å². The molecule has 21 nitrogen and oxygen atoms in total. The van der Waals surface area contributed by atoms with Crippen molar-refractivity contribution in [3.8, 4) is 0 Å². The van der Waals surface area contributed by atoms with Gasteiger partial charge in [-0.2, -0.15) is 21.6 Å². The van der Waals surface area contributed by atoms with E-state index in [9.17, 15) is 42.1 Å². The van der Waals surface area contributed by atoms with Crippen LogP contribution >= 0.6 is 46.9 Å². The van der Waals surface area contributed by atoms with Gasteiger partial charge in [0.25, 0.3) is 0 Å². The van der Waals surface area contributed by atoms with Crippen molar-refractivity contribution in [2.24, 2.45) is 0 Å². The fourth-order valence-corrected chi connectivity index (χ4v) is 9.28. The van der Waals surface area contributed by atoms with E-state index in [4.69, 9.17) is 19.6 Å². The van der Waals surface area contributed by atoms with Gasteiger partial charge in [0.2, 0.25) is 6.35 Å². The lowest BCUT2D eigenvalue weighted by Crippen LogP contribution is -2.38. The van der Waals surface area contributed by atoms with E-state index < -0.39 is 53.3 Å². The van der Waals surface area contributed by atoms with Crippen molar-refractivity contribution in [2.45, 2.75) is 13.3 Å². The summed E-state index contributed by atoms with van der Waals surface area (Å²) < 4.78 is 90.4. The SMILES string of the molecule is CCN1C=CN(C)C1OP(=O)(O)OP(=O)(O)OP(=O)(O)OP(=O)(O)OP(=O)(O)OP(=O)(O)O. The first-order chi connectivity index (χ1) is 14.5. The predicted molar refractivity (Wildman–Crippen MR) is 101 cm³/mol. The van der Waals surface area contributed by atoms with E-state index in [-0.39, 0.29) is 6.54 Å². The maximum absolute atomic E-state index is 12.0. The Bertz CT molecular complexity index is 1030. The van der Waals surface area contributed by atoms with E-state index in [1.54, 1.807) is 6.92 Å². The predicted octanol–water partition coefficient (Wildman–Crippen LogP) is 0.703. The van der Waals surface area contributed by atoms with Crippen LogP contribution in [0.5, 0.6) is 0 Å². The number of phosphoric ester groups is 1. The van der Waals surface area contributed by atoms with Gasteiger partial charge in [0.05, 0.1) is 0 Å². The third-order valence-corrected chi connectivity index (χ3v) is 11.5. The molecule has 1 aliphatic rings. The van der Waals surface area contributed by atoms with E-state index >= 15 is 0 Å². The van der Waals surface area contributed by atoms with Crippen LogP contribution in [0.3, 0.4) is 0 Å². The van der Waals surface area contributed by atoms with Crippen molar-refractivity contribution in [1.82, 2.24) is 9.80 Å². The normalized spacial score (nSPS) is 26.2. The molecule has 33 heavy (non-hydrogen) atoms. The molecule has 6 unspecified atom stereocenters. The highest BCUT2D eigenvalue weighted by molar-refractivity contribution is 7.72. The number of hydrogen-bond acceptors (Lipinski definition) is 14. The van der Waals surface area contributed by atoms with Gasteiger partial charge in [-0.25, -0.2) is 31.9 Å². The average Bonchev–Trinajstić information content (AvgIpc) is 2.78. The van der Waals surface area contributed by atoms with Crippen LogP contribution in [0, 0.1) is 0 Å². The van der Waals surface area contributed by atoms with Gasteiger partial charge in [-0.15, -0.1) is 0 Å². The molecule has 0 aromatic rings. The zero-order chi connectivity index (χ0) is 26.1. The molecule has 0 amide bonds. The van der Waals surface area contributed by atoms with Crippen molar-refractivity contribution in [3.05, 3.63) is 12.4 Å². The Labute approximate surface area is 184 Å². The Kier molecular flexibility index (Phi) is 10.1. The van der Waals surface area contributed by atoms with Crippen molar-refractivity contribution in [2.75, 3.05) is 13.6 Å². The molecule has 0 saturated heterocycles. The highest BCUT2D eigenvalue weighted by atomic mass is 31.3. The smallest absolute Gasteiger partial charge is 0.337 e. The number of nitrogens with zero attached hydrogens (tertiary/aromatic N) is 2. The zero-order valence-corrected chi connectivity index (χ0v) is 21.4. The van der Waals surface area contributed by atoms with Gasteiger partial charge in [0.1, 0.15) is 0 Å². The minimum atomic E-state index is -6.30. The third-order valence-electron chi connectivity index (χ3n) is 2.75. The summed E-state index contributed by atoms with van der Waals surface area (Å²) in [6.45, 7) is 1.83. The molecule has 0 radical (unpaired) electrons. The summed E-state index contributed by atoms with van der Waals surface area (Å²) in [5.74, 6) is 0. The molecule has 1 rings (SSSR count). The fraction of sp³-hybridized carbons (Fsp3) is 0.667. The first kappa shape index (κ1) is 31.2. The molecule has 0 fully saturated rings. The summed E-state index contributed by atoms with van der Waals surface area (Å²) in [5, 5.41) is 0. The molecule has 27 heteroatoms. The van der Waals surface area contributed by atoms with Crippen LogP contribution in [-0.2, 0) is 53.5 Å². The molecule has 7 N–H and O–H groups in total. The molecule has 0 aliphatic carbocycles. The van der Waals surface area contributed by atoms with Crippen LogP contribution in [0.2, 0.25) is 0 Å². The average molecular weight is 608 g/mol. The summed E-state index contributed by atoms with van der Waals surface area (Å²) in [6, 6.07) is 0. The van der Waals surface area contributed by atoms with Crippen molar-refractivity contribution in [3.63, 3.8) is 0 Å². The van der Waals surface area contributed by atoms with Crippen LogP contribution in [-0.4, -0.2) is 64.0 Å². The molecule has 1 aliphatic heterocycles. The van der Waals surface area contributed by atoms with Gasteiger partial charge in [0, 0.05) is 26.0 Å². The molecule has 196 valence electrons. The first-order valence-electron chi connectivity index (χ1n) is 7.58. The lowest BCUT2D eigenvalue weighted by molar-refractivity contribution is -0.0306. The maximum atomic E-state index is 12.0. The zero-order valence-electron chi connectivity index (χ0n) is 16.0. The summed E-state index contributed by atoms with van der Waals surface area (Å²) >= 11 is 0.